The lowest BCUT2D eigenvalue weighted by molar-refractivity contribution is -0.122. The summed E-state index contributed by atoms with van der Waals surface area (Å²) < 4.78 is 0. The van der Waals surface area contributed by atoms with Crippen LogP contribution in [0.5, 0.6) is 0 Å². The first kappa shape index (κ1) is 20.3. The predicted molar refractivity (Wildman–Crippen MR) is 80.9 cm³/mol. The van der Waals surface area contributed by atoms with Crippen molar-refractivity contribution >= 4 is 30.7 Å². The van der Waals surface area contributed by atoms with E-state index in [0.29, 0.717) is 18.5 Å². The molecule has 1 saturated heterocycles. The zero-order valence-electron chi connectivity index (χ0n) is 11.6. The zero-order valence-corrected chi connectivity index (χ0v) is 13.2. The van der Waals surface area contributed by atoms with Crippen LogP contribution in [0.4, 0.5) is 0 Å². The first-order chi connectivity index (χ1) is 7.59. The topological polar surface area (TPSA) is 44.4 Å². The number of hydrogen-bond acceptors (Lipinski definition) is 3. The van der Waals surface area contributed by atoms with E-state index < -0.39 is 0 Å². The number of carbonyl (C=O) groups excluding carboxylic acids is 1. The van der Waals surface area contributed by atoms with E-state index >= 15 is 0 Å². The first-order valence-electron chi connectivity index (χ1n) is 6.27. The maximum atomic E-state index is 11.6. The van der Waals surface area contributed by atoms with E-state index in [-0.39, 0.29) is 30.7 Å². The lowest BCUT2D eigenvalue weighted by atomic mass is 10.00. The van der Waals surface area contributed by atoms with Crippen molar-refractivity contribution in [3.63, 3.8) is 0 Å². The Balaban J connectivity index is 0. The van der Waals surface area contributed by atoms with Crippen LogP contribution in [0.3, 0.4) is 0 Å². The lowest BCUT2D eigenvalue weighted by Gasteiger charge is -2.24. The van der Waals surface area contributed by atoms with Crippen LogP contribution < -0.4 is 10.6 Å². The Morgan fingerprint density at radius 2 is 2.11 bits per heavy atom. The fraction of sp³-hybridized carbons (Fsp3) is 0.917. The molecule has 2 N–H and O–H groups in total. The number of nitrogens with one attached hydrogen (secondary N) is 2. The quantitative estimate of drug-likeness (QED) is 0.804. The Bertz CT molecular complexity index is 221. The predicted octanol–water partition coefficient (Wildman–Crippen LogP) is 1.29. The summed E-state index contributed by atoms with van der Waals surface area (Å²) in [6.45, 7) is 7.67. The van der Waals surface area contributed by atoms with Gasteiger partial charge in [-0.05, 0) is 52.7 Å². The van der Waals surface area contributed by atoms with Gasteiger partial charge in [0.15, 0.2) is 0 Å². The average molecular weight is 300 g/mol. The van der Waals surface area contributed by atoms with Gasteiger partial charge in [0, 0.05) is 12.6 Å². The standard InChI is InChI=1S/C12H25N3O.2ClH/c1-10(2)15(3)9-12(16)14-8-11-5-4-6-13-7-11;;/h10-11,13H,4-9H2,1-3H3,(H,14,16);2*1H. The third-order valence-corrected chi connectivity index (χ3v) is 3.26. The average Bonchev–Trinajstić information content (AvgIpc) is 2.27. The summed E-state index contributed by atoms with van der Waals surface area (Å²) >= 11 is 0. The molecule has 4 nitrogen and oxygen atoms in total. The Labute approximate surface area is 123 Å². The number of rotatable bonds is 5. The van der Waals surface area contributed by atoms with Crippen LogP contribution in [0.15, 0.2) is 0 Å². The molecule has 0 aromatic rings. The second kappa shape index (κ2) is 10.9. The zero-order chi connectivity index (χ0) is 12.0. The third-order valence-electron chi connectivity index (χ3n) is 3.26. The van der Waals surface area contributed by atoms with Crippen molar-refractivity contribution in [1.82, 2.24) is 15.5 Å². The molecule has 110 valence electrons. The second-order valence-electron chi connectivity index (χ2n) is 5.03. The Morgan fingerprint density at radius 1 is 1.44 bits per heavy atom. The second-order valence-corrected chi connectivity index (χ2v) is 5.03. The molecule has 0 bridgehead atoms. The van der Waals surface area contributed by atoms with Crippen molar-refractivity contribution < 1.29 is 4.79 Å². The van der Waals surface area contributed by atoms with Gasteiger partial charge in [-0.1, -0.05) is 0 Å². The van der Waals surface area contributed by atoms with Gasteiger partial charge in [0.2, 0.25) is 5.91 Å². The molecule has 0 aromatic carbocycles. The summed E-state index contributed by atoms with van der Waals surface area (Å²) in [4.78, 5) is 13.7. The third kappa shape index (κ3) is 8.14. The van der Waals surface area contributed by atoms with E-state index in [1.165, 1.54) is 12.8 Å². The monoisotopic (exact) mass is 299 g/mol. The molecule has 0 aromatic heterocycles. The summed E-state index contributed by atoms with van der Waals surface area (Å²) in [7, 11) is 1.98. The van der Waals surface area contributed by atoms with Gasteiger partial charge in [-0.3, -0.25) is 9.69 Å². The highest BCUT2D eigenvalue weighted by atomic mass is 35.5. The minimum absolute atomic E-state index is 0. The van der Waals surface area contributed by atoms with Gasteiger partial charge < -0.3 is 10.6 Å². The molecule has 1 aliphatic rings. The van der Waals surface area contributed by atoms with E-state index in [2.05, 4.69) is 29.4 Å². The van der Waals surface area contributed by atoms with Gasteiger partial charge in [0.1, 0.15) is 0 Å². The molecule has 1 atom stereocenters. The van der Waals surface area contributed by atoms with Gasteiger partial charge in [-0.2, -0.15) is 0 Å². The fourth-order valence-electron chi connectivity index (χ4n) is 1.82. The molecule has 6 heteroatoms. The lowest BCUT2D eigenvalue weighted by Crippen LogP contribution is -2.42. The van der Waals surface area contributed by atoms with Gasteiger partial charge >= 0.3 is 0 Å². The summed E-state index contributed by atoms with van der Waals surface area (Å²) in [5.74, 6) is 0.754. The number of likely N-dealkylation sites (N-methyl/N-ethyl adjacent to an activating group) is 1. The Hall–Kier alpha value is -0.0300. The van der Waals surface area contributed by atoms with Crippen molar-refractivity contribution in [3.8, 4) is 0 Å². The molecule has 0 aliphatic carbocycles. The summed E-state index contributed by atoms with van der Waals surface area (Å²) in [6, 6.07) is 0.419. The number of amides is 1. The molecule has 1 unspecified atom stereocenters. The van der Waals surface area contributed by atoms with Crippen molar-refractivity contribution in [2.24, 2.45) is 5.92 Å². The molecule has 1 aliphatic heterocycles. The van der Waals surface area contributed by atoms with Crippen molar-refractivity contribution in [2.75, 3.05) is 33.2 Å². The molecule has 0 radical (unpaired) electrons. The van der Waals surface area contributed by atoms with Crippen LogP contribution in [0.2, 0.25) is 0 Å². The van der Waals surface area contributed by atoms with Crippen LogP contribution >= 0.6 is 24.8 Å². The highest BCUT2D eigenvalue weighted by Gasteiger charge is 2.14. The molecule has 18 heavy (non-hydrogen) atoms. The largest absolute Gasteiger partial charge is 0.355 e. The minimum atomic E-state index is 0. The summed E-state index contributed by atoms with van der Waals surface area (Å²) in [6.07, 6.45) is 2.46. The van der Waals surface area contributed by atoms with E-state index in [1.54, 1.807) is 0 Å². The number of carbonyl (C=O) groups is 1. The summed E-state index contributed by atoms with van der Waals surface area (Å²) in [5, 5.41) is 6.37. The molecule has 1 amide bonds. The smallest absolute Gasteiger partial charge is 0.234 e. The fourth-order valence-corrected chi connectivity index (χ4v) is 1.82. The minimum Gasteiger partial charge on any atom is -0.355 e. The van der Waals surface area contributed by atoms with E-state index in [0.717, 1.165) is 19.6 Å². The van der Waals surface area contributed by atoms with Gasteiger partial charge in [0.25, 0.3) is 0 Å². The van der Waals surface area contributed by atoms with Crippen molar-refractivity contribution in [2.45, 2.75) is 32.7 Å². The Morgan fingerprint density at radius 3 is 2.61 bits per heavy atom. The molecular weight excluding hydrogens is 273 g/mol. The van der Waals surface area contributed by atoms with Crippen LogP contribution in [0, 0.1) is 5.92 Å². The number of hydrogen-bond donors (Lipinski definition) is 2. The molecule has 1 fully saturated rings. The molecular formula is C12H27Cl2N3O. The highest BCUT2D eigenvalue weighted by molar-refractivity contribution is 5.85. The van der Waals surface area contributed by atoms with E-state index in [1.807, 2.05) is 7.05 Å². The van der Waals surface area contributed by atoms with Crippen LogP contribution in [-0.2, 0) is 4.79 Å². The van der Waals surface area contributed by atoms with Gasteiger partial charge in [0.05, 0.1) is 6.54 Å². The maximum absolute atomic E-state index is 11.6. The van der Waals surface area contributed by atoms with Gasteiger partial charge in [-0.15, -0.1) is 24.8 Å². The molecule has 1 heterocycles. The van der Waals surface area contributed by atoms with Crippen LogP contribution in [0.1, 0.15) is 26.7 Å². The van der Waals surface area contributed by atoms with E-state index in [9.17, 15) is 4.79 Å². The number of nitrogens with zero attached hydrogens (tertiary/aromatic N) is 1. The van der Waals surface area contributed by atoms with Crippen LogP contribution in [0.25, 0.3) is 0 Å². The molecule has 1 rings (SSSR count). The van der Waals surface area contributed by atoms with Crippen molar-refractivity contribution in [1.29, 1.82) is 0 Å². The SMILES string of the molecule is CC(C)N(C)CC(=O)NCC1CCCNC1.Cl.Cl. The summed E-state index contributed by atoms with van der Waals surface area (Å²) in [5.41, 5.74) is 0. The van der Waals surface area contributed by atoms with Crippen LogP contribution in [-0.4, -0.2) is 50.1 Å². The number of halogens is 2. The Kier molecular flexibility index (Phi) is 12.2. The highest BCUT2D eigenvalue weighted by Crippen LogP contribution is 2.08. The first-order valence-corrected chi connectivity index (χ1v) is 6.27. The molecule has 0 spiro atoms. The van der Waals surface area contributed by atoms with Crippen molar-refractivity contribution in [3.05, 3.63) is 0 Å². The van der Waals surface area contributed by atoms with E-state index in [4.69, 9.17) is 0 Å². The maximum Gasteiger partial charge on any atom is 0.234 e. The normalized spacial score (nSPS) is 19.1. The molecule has 0 saturated carbocycles. The number of piperidine rings is 1. The van der Waals surface area contributed by atoms with Gasteiger partial charge in [-0.25, -0.2) is 0 Å².